The van der Waals surface area contributed by atoms with Gasteiger partial charge in [-0.2, -0.15) is 0 Å². The van der Waals surface area contributed by atoms with E-state index in [0.29, 0.717) is 12.0 Å². The van der Waals surface area contributed by atoms with Crippen LogP contribution in [0.1, 0.15) is 25.8 Å². The fourth-order valence-corrected chi connectivity index (χ4v) is 2.64. The summed E-state index contributed by atoms with van der Waals surface area (Å²) in [6.07, 6.45) is 0.582. The zero-order valence-corrected chi connectivity index (χ0v) is 19.6. The van der Waals surface area contributed by atoms with Gasteiger partial charge in [-0.1, -0.05) is 19.1 Å². The third kappa shape index (κ3) is 12.7. The molecule has 2 aromatic rings. The van der Waals surface area contributed by atoms with Gasteiger partial charge in [0.05, 0.1) is 6.54 Å². The summed E-state index contributed by atoms with van der Waals surface area (Å²) < 4.78 is 31.5. The molecule has 0 fully saturated rings. The van der Waals surface area contributed by atoms with Crippen LogP contribution in [0, 0.1) is 11.6 Å². The van der Waals surface area contributed by atoms with Crippen molar-refractivity contribution in [2.45, 2.75) is 32.7 Å². The van der Waals surface area contributed by atoms with Crippen LogP contribution < -0.4 is 26.4 Å². The molecule has 0 saturated heterocycles. The molecule has 4 amide bonds. The van der Waals surface area contributed by atoms with E-state index >= 15 is 0 Å². The minimum Gasteiger partial charge on any atom is -0.484 e. The summed E-state index contributed by atoms with van der Waals surface area (Å²) in [5, 5.41) is 7.42. The van der Waals surface area contributed by atoms with Gasteiger partial charge in [-0.05, 0) is 48.9 Å². The van der Waals surface area contributed by atoms with Crippen LogP contribution in [-0.4, -0.2) is 49.4 Å². The molecule has 190 valence electrons. The highest BCUT2D eigenvalue weighted by atomic mass is 19.1. The average Bonchev–Trinajstić information content (AvgIpc) is 2.82. The molecule has 0 saturated carbocycles. The molecule has 1 unspecified atom stereocenters. The van der Waals surface area contributed by atoms with Crippen LogP contribution in [0.2, 0.25) is 0 Å². The van der Waals surface area contributed by atoms with E-state index in [2.05, 4.69) is 16.0 Å². The maximum Gasteiger partial charge on any atom is 0.258 e. The maximum atomic E-state index is 13.4. The van der Waals surface area contributed by atoms with Crippen LogP contribution in [-0.2, 0) is 25.6 Å². The number of amides is 4. The second-order valence-electron chi connectivity index (χ2n) is 7.19. The largest absolute Gasteiger partial charge is 0.484 e. The molecule has 11 heteroatoms. The number of nitrogens with two attached hydrogens (primary N) is 1. The Labute approximate surface area is 202 Å². The Morgan fingerprint density at radius 1 is 0.943 bits per heavy atom. The van der Waals surface area contributed by atoms with Crippen molar-refractivity contribution in [3.8, 4) is 5.75 Å². The highest BCUT2D eigenvalue weighted by Crippen LogP contribution is 2.11. The number of ether oxygens (including phenoxy) is 1. The molecule has 0 aliphatic heterocycles. The fourth-order valence-electron chi connectivity index (χ4n) is 2.64. The molecule has 9 nitrogen and oxygen atoms in total. The van der Waals surface area contributed by atoms with Gasteiger partial charge in [0.2, 0.25) is 17.7 Å². The Kier molecular flexibility index (Phi) is 13.1. The van der Waals surface area contributed by atoms with E-state index in [0.717, 1.165) is 6.54 Å². The Morgan fingerprint density at radius 3 is 2.17 bits per heavy atom. The Morgan fingerprint density at radius 2 is 1.63 bits per heavy atom. The second-order valence-corrected chi connectivity index (χ2v) is 7.19. The lowest BCUT2D eigenvalue weighted by atomic mass is 10.0. The molecule has 0 aliphatic rings. The van der Waals surface area contributed by atoms with Crippen molar-refractivity contribution in [2.24, 2.45) is 5.73 Å². The standard InChI is InChI=1S/C19H19F2N3O4.C5H11NO/c20-13-4-6-15(7-5-13)28-11-18(26)24-16(19(27)23-10-17(22)25)9-12-2-1-3-14(21)8-12;1-3-5(7)6-4-2/h1-8,16H,9-11H2,(H2,22,25)(H,23,27)(H,24,26);3-4H2,1-2H3,(H,6,7). The topological polar surface area (TPSA) is 140 Å². The first-order valence-electron chi connectivity index (χ1n) is 10.9. The summed E-state index contributed by atoms with van der Waals surface area (Å²) in [6, 6.07) is 9.54. The van der Waals surface area contributed by atoms with Crippen molar-refractivity contribution in [3.63, 3.8) is 0 Å². The Balaban J connectivity index is 0.000000762. The van der Waals surface area contributed by atoms with Crippen molar-refractivity contribution in [3.05, 3.63) is 65.7 Å². The predicted octanol–water partition coefficient (Wildman–Crippen LogP) is 1.21. The summed E-state index contributed by atoms with van der Waals surface area (Å²) >= 11 is 0. The summed E-state index contributed by atoms with van der Waals surface area (Å²) in [5.74, 6) is -2.56. The third-order valence-corrected chi connectivity index (χ3v) is 4.30. The summed E-state index contributed by atoms with van der Waals surface area (Å²) in [7, 11) is 0. The molecule has 2 aromatic carbocycles. The molecule has 0 radical (unpaired) electrons. The number of benzene rings is 2. The third-order valence-electron chi connectivity index (χ3n) is 4.30. The quantitative estimate of drug-likeness (QED) is 0.373. The lowest BCUT2D eigenvalue weighted by Crippen LogP contribution is -2.50. The Bertz CT molecular complexity index is 986. The average molecular weight is 493 g/mol. The number of hydrogen-bond donors (Lipinski definition) is 4. The lowest BCUT2D eigenvalue weighted by molar-refractivity contribution is -0.130. The van der Waals surface area contributed by atoms with Crippen molar-refractivity contribution < 1.29 is 32.7 Å². The number of carbonyl (C=O) groups is 4. The van der Waals surface area contributed by atoms with E-state index in [-0.39, 0.29) is 18.1 Å². The monoisotopic (exact) mass is 492 g/mol. The number of nitrogens with one attached hydrogen (secondary N) is 3. The van der Waals surface area contributed by atoms with Crippen molar-refractivity contribution >= 4 is 23.6 Å². The second kappa shape index (κ2) is 15.8. The van der Waals surface area contributed by atoms with Crippen LogP contribution >= 0.6 is 0 Å². The molecule has 0 spiro atoms. The number of carbonyl (C=O) groups excluding carboxylic acids is 4. The molecule has 35 heavy (non-hydrogen) atoms. The first-order chi connectivity index (χ1) is 16.6. The van der Waals surface area contributed by atoms with Crippen LogP contribution in [0.4, 0.5) is 8.78 Å². The van der Waals surface area contributed by atoms with Crippen molar-refractivity contribution in [1.29, 1.82) is 0 Å². The summed E-state index contributed by atoms with van der Waals surface area (Å²) in [5.41, 5.74) is 5.47. The fraction of sp³-hybridized carbons (Fsp3) is 0.333. The van der Waals surface area contributed by atoms with E-state index in [1.165, 1.54) is 42.5 Å². The first kappa shape index (κ1) is 29.0. The van der Waals surface area contributed by atoms with E-state index < -0.39 is 48.5 Å². The SMILES string of the molecule is CCNC(=O)CC.NC(=O)CNC(=O)C(Cc1cccc(F)c1)NC(=O)COc1ccc(F)cc1. The number of halogens is 2. The first-order valence-corrected chi connectivity index (χ1v) is 10.9. The molecule has 1 atom stereocenters. The van der Waals surface area contributed by atoms with Gasteiger partial charge < -0.3 is 26.4 Å². The maximum absolute atomic E-state index is 13.4. The number of rotatable bonds is 11. The molecule has 0 heterocycles. The lowest BCUT2D eigenvalue weighted by Gasteiger charge is -2.18. The molecular formula is C24H30F2N4O5. The van der Waals surface area contributed by atoms with Gasteiger partial charge in [0.1, 0.15) is 23.4 Å². The molecule has 0 bridgehead atoms. The number of primary amides is 1. The van der Waals surface area contributed by atoms with E-state index in [4.69, 9.17) is 10.5 Å². The van der Waals surface area contributed by atoms with Crippen LogP contribution in [0.15, 0.2) is 48.5 Å². The van der Waals surface area contributed by atoms with E-state index in [1.807, 2.05) is 13.8 Å². The van der Waals surface area contributed by atoms with Gasteiger partial charge in [-0.3, -0.25) is 19.2 Å². The number of hydrogen-bond acceptors (Lipinski definition) is 5. The van der Waals surface area contributed by atoms with Gasteiger partial charge in [0, 0.05) is 19.4 Å². The zero-order chi connectivity index (χ0) is 26.2. The summed E-state index contributed by atoms with van der Waals surface area (Å²) in [6.45, 7) is 3.67. The van der Waals surface area contributed by atoms with Gasteiger partial charge in [-0.15, -0.1) is 0 Å². The van der Waals surface area contributed by atoms with Gasteiger partial charge >= 0.3 is 0 Å². The molecule has 5 N–H and O–H groups in total. The molecule has 0 aromatic heterocycles. The normalized spacial score (nSPS) is 10.7. The van der Waals surface area contributed by atoms with Gasteiger partial charge in [-0.25, -0.2) is 8.78 Å². The minimum absolute atomic E-state index is 0.00928. The van der Waals surface area contributed by atoms with Crippen molar-refractivity contribution in [1.82, 2.24) is 16.0 Å². The van der Waals surface area contributed by atoms with Gasteiger partial charge in [0.15, 0.2) is 6.61 Å². The van der Waals surface area contributed by atoms with E-state index in [9.17, 15) is 28.0 Å². The minimum atomic E-state index is -1.08. The smallest absolute Gasteiger partial charge is 0.258 e. The van der Waals surface area contributed by atoms with Crippen LogP contribution in [0.5, 0.6) is 5.75 Å². The predicted molar refractivity (Wildman–Crippen MR) is 125 cm³/mol. The highest BCUT2D eigenvalue weighted by molar-refractivity contribution is 5.90. The Hall–Kier alpha value is -4.02. The van der Waals surface area contributed by atoms with Crippen LogP contribution in [0.3, 0.4) is 0 Å². The van der Waals surface area contributed by atoms with Crippen molar-refractivity contribution in [2.75, 3.05) is 19.7 Å². The molecule has 0 aliphatic carbocycles. The molecule has 2 rings (SSSR count). The highest BCUT2D eigenvalue weighted by Gasteiger charge is 2.22. The molecular weight excluding hydrogens is 462 g/mol. The van der Waals surface area contributed by atoms with Gasteiger partial charge in [0.25, 0.3) is 5.91 Å². The van der Waals surface area contributed by atoms with E-state index in [1.54, 1.807) is 6.07 Å². The summed E-state index contributed by atoms with van der Waals surface area (Å²) in [4.78, 5) is 45.6. The zero-order valence-electron chi connectivity index (χ0n) is 19.6. The van der Waals surface area contributed by atoms with Crippen LogP contribution in [0.25, 0.3) is 0 Å².